The number of imide groups is 1. The summed E-state index contributed by atoms with van der Waals surface area (Å²) in [4.78, 5) is 23.7. The van der Waals surface area contributed by atoms with Crippen molar-refractivity contribution in [3.8, 4) is 0 Å². The molecular weight excluding hydrogens is 312 g/mol. The van der Waals surface area contributed by atoms with Crippen LogP contribution in [0.5, 0.6) is 0 Å². The van der Waals surface area contributed by atoms with Crippen molar-refractivity contribution in [3.63, 3.8) is 0 Å². The number of carbonyl (C=O) groups excluding carboxylic acids is 2. The summed E-state index contributed by atoms with van der Waals surface area (Å²) in [5, 5.41) is 5.95. The molecule has 2 N–H and O–H groups in total. The number of anilines is 1. The summed E-state index contributed by atoms with van der Waals surface area (Å²) in [7, 11) is 0. The van der Waals surface area contributed by atoms with Crippen molar-refractivity contribution in [1.29, 1.82) is 0 Å². The van der Waals surface area contributed by atoms with Crippen LogP contribution in [0.15, 0.2) is 24.3 Å². The average Bonchev–Trinajstić information content (AvgIpc) is 2.70. The molecule has 0 bridgehead atoms. The van der Waals surface area contributed by atoms with E-state index in [2.05, 4.69) is 37.5 Å². The fourth-order valence-corrected chi connectivity index (χ4v) is 3.26. The average molecular weight is 344 g/mol. The zero-order valence-electron chi connectivity index (χ0n) is 15.9. The molecule has 1 aliphatic heterocycles. The number of hydrogen-bond donors (Lipinski definition) is 2. The van der Waals surface area contributed by atoms with Crippen LogP contribution in [0.3, 0.4) is 0 Å². The Morgan fingerprint density at radius 3 is 2.72 bits per heavy atom. The summed E-state index contributed by atoms with van der Waals surface area (Å²) < 4.78 is 0. The van der Waals surface area contributed by atoms with E-state index >= 15 is 0 Å². The fraction of sp³-hybridized carbons (Fsp3) is 0.619. The SMILES string of the molecule is CC(C)(C)CCCCCNc1cccc(C2CCCC(=O)NC2=O)c1. The molecule has 1 fully saturated rings. The molecule has 4 heteroatoms. The molecule has 0 aliphatic carbocycles. The molecule has 1 saturated heterocycles. The monoisotopic (exact) mass is 344 g/mol. The third-order valence-corrected chi connectivity index (χ3v) is 4.70. The predicted octanol–water partition coefficient (Wildman–Crippen LogP) is 4.62. The summed E-state index contributed by atoms with van der Waals surface area (Å²) in [5.41, 5.74) is 2.46. The Bertz CT molecular complexity index is 590. The van der Waals surface area contributed by atoms with E-state index in [4.69, 9.17) is 0 Å². The molecule has 1 unspecified atom stereocenters. The molecule has 1 atom stereocenters. The molecule has 0 spiro atoms. The van der Waals surface area contributed by atoms with Gasteiger partial charge in [-0.25, -0.2) is 0 Å². The minimum absolute atomic E-state index is 0.156. The first kappa shape index (κ1) is 19.5. The summed E-state index contributed by atoms with van der Waals surface area (Å²) in [6, 6.07) is 8.05. The summed E-state index contributed by atoms with van der Waals surface area (Å²) in [6.45, 7) is 7.80. The highest BCUT2D eigenvalue weighted by molar-refractivity contribution is 5.99. The Kier molecular flexibility index (Phi) is 7.03. The maximum Gasteiger partial charge on any atom is 0.234 e. The molecule has 138 valence electrons. The molecular formula is C21H32N2O2. The first-order valence-corrected chi connectivity index (χ1v) is 9.53. The molecule has 1 aliphatic rings. The number of nitrogens with one attached hydrogen (secondary N) is 2. The maximum absolute atomic E-state index is 12.2. The van der Waals surface area contributed by atoms with Gasteiger partial charge in [-0.3, -0.25) is 14.9 Å². The molecule has 2 amide bonds. The second-order valence-corrected chi connectivity index (χ2v) is 8.28. The number of benzene rings is 1. The first-order chi connectivity index (χ1) is 11.8. The third kappa shape index (κ3) is 6.89. The van der Waals surface area contributed by atoms with E-state index in [1.54, 1.807) is 0 Å². The van der Waals surface area contributed by atoms with Crippen molar-refractivity contribution in [2.45, 2.75) is 71.6 Å². The second-order valence-electron chi connectivity index (χ2n) is 8.28. The lowest BCUT2D eigenvalue weighted by Crippen LogP contribution is -2.31. The van der Waals surface area contributed by atoms with Crippen molar-refractivity contribution in [1.82, 2.24) is 5.32 Å². The molecule has 0 radical (unpaired) electrons. The first-order valence-electron chi connectivity index (χ1n) is 9.53. The van der Waals surface area contributed by atoms with Crippen LogP contribution in [0.2, 0.25) is 0 Å². The van der Waals surface area contributed by atoms with Gasteiger partial charge in [-0.05, 0) is 48.8 Å². The molecule has 4 nitrogen and oxygen atoms in total. The van der Waals surface area contributed by atoms with Gasteiger partial charge >= 0.3 is 0 Å². The van der Waals surface area contributed by atoms with Crippen LogP contribution in [-0.4, -0.2) is 18.4 Å². The van der Waals surface area contributed by atoms with Crippen molar-refractivity contribution in [2.75, 3.05) is 11.9 Å². The van der Waals surface area contributed by atoms with Crippen LogP contribution in [0.1, 0.15) is 77.2 Å². The van der Waals surface area contributed by atoms with Crippen molar-refractivity contribution in [2.24, 2.45) is 5.41 Å². The summed E-state index contributed by atoms with van der Waals surface area (Å²) in [5.74, 6) is -0.543. The van der Waals surface area contributed by atoms with Gasteiger partial charge in [-0.2, -0.15) is 0 Å². The Hall–Kier alpha value is -1.84. The van der Waals surface area contributed by atoms with Crippen LogP contribution in [0.4, 0.5) is 5.69 Å². The standard InChI is InChI=1S/C21H32N2O2/c1-21(2,3)13-5-4-6-14-22-17-10-7-9-16(15-17)18-11-8-12-19(24)23-20(18)25/h7,9-10,15,18,22H,4-6,8,11-14H2,1-3H3,(H,23,24,25). The Morgan fingerprint density at radius 2 is 1.96 bits per heavy atom. The van der Waals surface area contributed by atoms with E-state index in [-0.39, 0.29) is 17.7 Å². The van der Waals surface area contributed by atoms with E-state index < -0.39 is 0 Å². The lowest BCUT2D eigenvalue weighted by Gasteiger charge is -2.17. The van der Waals surface area contributed by atoms with Gasteiger partial charge in [0.1, 0.15) is 0 Å². The maximum atomic E-state index is 12.2. The summed E-state index contributed by atoms with van der Waals surface area (Å²) >= 11 is 0. The molecule has 0 aromatic heterocycles. The molecule has 1 heterocycles. The third-order valence-electron chi connectivity index (χ3n) is 4.70. The molecule has 25 heavy (non-hydrogen) atoms. The smallest absolute Gasteiger partial charge is 0.234 e. The van der Waals surface area contributed by atoms with Gasteiger partial charge in [0.15, 0.2) is 0 Å². The minimum Gasteiger partial charge on any atom is -0.385 e. The van der Waals surface area contributed by atoms with E-state index in [1.165, 1.54) is 19.3 Å². The lowest BCUT2D eigenvalue weighted by atomic mass is 9.89. The van der Waals surface area contributed by atoms with Gasteiger partial charge in [0.05, 0.1) is 5.92 Å². The van der Waals surface area contributed by atoms with E-state index in [1.807, 2.05) is 18.2 Å². The fourth-order valence-electron chi connectivity index (χ4n) is 3.26. The number of amides is 2. The minimum atomic E-state index is -0.222. The summed E-state index contributed by atoms with van der Waals surface area (Å²) in [6.07, 6.45) is 6.84. The number of rotatable bonds is 7. The van der Waals surface area contributed by atoms with E-state index in [0.717, 1.165) is 37.1 Å². The number of carbonyl (C=O) groups is 2. The second kappa shape index (κ2) is 9.02. The van der Waals surface area contributed by atoms with E-state index in [9.17, 15) is 9.59 Å². The van der Waals surface area contributed by atoms with Gasteiger partial charge in [-0.15, -0.1) is 0 Å². The highest BCUT2D eigenvalue weighted by atomic mass is 16.2. The molecule has 2 rings (SSSR count). The van der Waals surface area contributed by atoms with Crippen LogP contribution < -0.4 is 10.6 Å². The van der Waals surface area contributed by atoms with Crippen molar-refractivity contribution in [3.05, 3.63) is 29.8 Å². The van der Waals surface area contributed by atoms with Crippen molar-refractivity contribution >= 4 is 17.5 Å². The molecule has 1 aromatic carbocycles. The van der Waals surface area contributed by atoms with Crippen molar-refractivity contribution < 1.29 is 9.59 Å². The largest absolute Gasteiger partial charge is 0.385 e. The van der Waals surface area contributed by atoms with Gasteiger partial charge in [0, 0.05) is 18.7 Å². The highest BCUT2D eigenvalue weighted by Gasteiger charge is 2.25. The Labute approximate surface area is 151 Å². The van der Waals surface area contributed by atoms with E-state index in [0.29, 0.717) is 11.8 Å². The molecule has 0 saturated carbocycles. The quantitative estimate of drug-likeness (QED) is 0.561. The highest BCUT2D eigenvalue weighted by Crippen LogP contribution is 2.27. The van der Waals surface area contributed by atoms with Gasteiger partial charge in [0.25, 0.3) is 0 Å². The topological polar surface area (TPSA) is 58.2 Å². The van der Waals surface area contributed by atoms with Gasteiger partial charge in [0.2, 0.25) is 11.8 Å². The predicted molar refractivity (Wildman–Crippen MR) is 103 cm³/mol. The van der Waals surface area contributed by atoms with Crippen LogP contribution in [0, 0.1) is 5.41 Å². The zero-order chi connectivity index (χ0) is 18.3. The van der Waals surface area contributed by atoms with Gasteiger partial charge in [-0.1, -0.05) is 45.7 Å². The normalized spacial score (nSPS) is 18.6. The van der Waals surface area contributed by atoms with Crippen LogP contribution >= 0.6 is 0 Å². The number of hydrogen-bond acceptors (Lipinski definition) is 3. The Morgan fingerprint density at radius 1 is 1.16 bits per heavy atom. The van der Waals surface area contributed by atoms with Crippen LogP contribution in [-0.2, 0) is 9.59 Å². The Balaban J connectivity index is 1.82. The molecule has 1 aromatic rings. The van der Waals surface area contributed by atoms with Crippen LogP contribution in [0.25, 0.3) is 0 Å². The van der Waals surface area contributed by atoms with Gasteiger partial charge < -0.3 is 5.32 Å². The number of unbranched alkanes of at least 4 members (excludes halogenated alkanes) is 2. The zero-order valence-corrected chi connectivity index (χ0v) is 15.9. The lowest BCUT2D eigenvalue weighted by molar-refractivity contribution is -0.130.